The van der Waals surface area contributed by atoms with Gasteiger partial charge in [0.2, 0.25) is 0 Å². The van der Waals surface area contributed by atoms with Gasteiger partial charge in [-0.05, 0) is 73.0 Å². The second kappa shape index (κ2) is 7.87. The Kier molecular flexibility index (Phi) is 4.90. The molecule has 2 aliphatic heterocycles. The highest BCUT2D eigenvalue weighted by Gasteiger charge is 2.26. The highest BCUT2D eigenvalue weighted by molar-refractivity contribution is 6.31. The van der Waals surface area contributed by atoms with Gasteiger partial charge < -0.3 is 15.5 Å². The zero-order valence-corrected chi connectivity index (χ0v) is 17.2. The van der Waals surface area contributed by atoms with E-state index >= 15 is 0 Å². The fourth-order valence-corrected chi connectivity index (χ4v) is 4.45. The molecule has 3 heterocycles. The summed E-state index contributed by atoms with van der Waals surface area (Å²) in [5, 5.41) is 5.96. The number of hydrogen-bond donors (Lipinski definition) is 2. The lowest BCUT2D eigenvalue weighted by Gasteiger charge is -2.22. The van der Waals surface area contributed by atoms with Crippen molar-refractivity contribution in [3.8, 4) is 0 Å². The Hall–Kier alpha value is -3.67. The molecule has 1 saturated heterocycles. The van der Waals surface area contributed by atoms with Crippen LogP contribution in [0.25, 0.3) is 5.57 Å². The maximum atomic E-state index is 13.6. The smallest absolute Gasteiger partial charge is 0.257 e. The van der Waals surface area contributed by atoms with Gasteiger partial charge in [0, 0.05) is 60.2 Å². The monoisotopic (exact) mass is 414 g/mol. The summed E-state index contributed by atoms with van der Waals surface area (Å²) in [4.78, 5) is 18.8. The molecule has 5 rings (SSSR count). The van der Waals surface area contributed by atoms with Crippen molar-refractivity contribution in [2.75, 3.05) is 28.6 Å². The molecular formula is C25H23FN4O. The quantitative estimate of drug-likeness (QED) is 0.595. The average Bonchev–Trinajstić information content (AvgIpc) is 3.37. The number of carbonyl (C=O) groups excluding carboxylic acids is 1. The van der Waals surface area contributed by atoms with Crippen molar-refractivity contribution < 1.29 is 9.18 Å². The zero-order valence-electron chi connectivity index (χ0n) is 17.2. The SMILES string of the molecule is Cc1cc(N/C=C2\C(=O)Nc3ccc(F)cc32)ccc1N1CCC(c2ccncc2)C1. The van der Waals surface area contributed by atoms with Crippen LogP contribution in [0.2, 0.25) is 0 Å². The fourth-order valence-electron chi connectivity index (χ4n) is 4.45. The van der Waals surface area contributed by atoms with Crippen molar-refractivity contribution in [2.24, 2.45) is 0 Å². The second-order valence-corrected chi connectivity index (χ2v) is 8.06. The lowest BCUT2D eigenvalue weighted by Crippen LogP contribution is -2.20. The van der Waals surface area contributed by atoms with Gasteiger partial charge in [-0.15, -0.1) is 0 Å². The highest BCUT2D eigenvalue weighted by atomic mass is 19.1. The molecule has 2 aliphatic rings. The van der Waals surface area contributed by atoms with E-state index in [1.165, 1.54) is 28.9 Å². The van der Waals surface area contributed by atoms with Crippen LogP contribution in [0.5, 0.6) is 0 Å². The number of rotatable bonds is 4. The Bertz CT molecular complexity index is 1180. The molecule has 0 aliphatic carbocycles. The summed E-state index contributed by atoms with van der Waals surface area (Å²) in [6, 6.07) is 14.7. The number of aromatic nitrogens is 1. The number of hydrogen-bond acceptors (Lipinski definition) is 4. The molecule has 0 saturated carbocycles. The van der Waals surface area contributed by atoms with Crippen LogP contribution in [0.15, 0.2) is 67.1 Å². The molecule has 156 valence electrons. The topological polar surface area (TPSA) is 57.3 Å². The summed E-state index contributed by atoms with van der Waals surface area (Å²) in [5.41, 5.74) is 6.24. The lowest BCUT2D eigenvalue weighted by atomic mass is 10.00. The van der Waals surface area contributed by atoms with Gasteiger partial charge in [-0.25, -0.2) is 4.39 Å². The number of halogens is 1. The molecular weight excluding hydrogens is 391 g/mol. The minimum absolute atomic E-state index is 0.235. The van der Waals surface area contributed by atoms with Gasteiger partial charge in [-0.2, -0.15) is 0 Å². The molecule has 1 atom stereocenters. The van der Waals surface area contributed by atoms with Crippen molar-refractivity contribution in [1.29, 1.82) is 0 Å². The Morgan fingerprint density at radius 2 is 2.00 bits per heavy atom. The minimum atomic E-state index is -0.364. The van der Waals surface area contributed by atoms with Crippen molar-refractivity contribution in [3.63, 3.8) is 0 Å². The van der Waals surface area contributed by atoms with E-state index in [0.29, 0.717) is 22.7 Å². The zero-order chi connectivity index (χ0) is 21.4. The average molecular weight is 414 g/mol. The summed E-state index contributed by atoms with van der Waals surface area (Å²) in [5.74, 6) is -0.0797. The van der Waals surface area contributed by atoms with Crippen LogP contribution in [0, 0.1) is 12.7 Å². The van der Waals surface area contributed by atoms with Crippen molar-refractivity contribution in [3.05, 3.63) is 89.6 Å². The van der Waals surface area contributed by atoms with Crippen LogP contribution in [0.3, 0.4) is 0 Å². The number of nitrogens with zero attached hydrogens (tertiary/aromatic N) is 2. The largest absolute Gasteiger partial charge is 0.371 e. The minimum Gasteiger partial charge on any atom is -0.371 e. The van der Waals surface area contributed by atoms with E-state index in [4.69, 9.17) is 0 Å². The summed E-state index contributed by atoms with van der Waals surface area (Å²) < 4.78 is 13.6. The molecule has 0 spiro atoms. The maximum absolute atomic E-state index is 13.6. The predicted octanol–water partition coefficient (Wildman–Crippen LogP) is 4.93. The molecule has 31 heavy (non-hydrogen) atoms. The normalized spacial score (nSPS) is 18.9. The Morgan fingerprint density at radius 1 is 1.16 bits per heavy atom. The summed E-state index contributed by atoms with van der Waals surface area (Å²) >= 11 is 0. The van der Waals surface area contributed by atoms with Crippen LogP contribution in [-0.2, 0) is 4.79 Å². The number of aryl methyl sites for hydroxylation is 1. The third-order valence-electron chi connectivity index (χ3n) is 6.05. The number of carbonyl (C=O) groups is 1. The lowest BCUT2D eigenvalue weighted by molar-refractivity contribution is -0.110. The van der Waals surface area contributed by atoms with Crippen LogP contribution < -0.4 is 15.5 Å². The molecule has 1 fully saturated rings. The van der Waals surface area contributed by atoms with E-state index in [1.807, 2.05) is 18.5 Å². The molecule has 2 N–H and O–H groups in total. The van der Waals surface area contributed by atoms with Gasteiger partial charge in [-0.1, -0.05) is 0 Å². The molecule has 0 radical (unpaired) electrons. The van der Waals surface area contributed by atoms with Gasteiger partial charge in [0.1, 0.15) is 5.82 Å². The van der Waals surface area contributed by atoms with Gasteiger partial charge >= 0.3 is 0 Å². The van der Waals surface area contributed by atoms with E-state index in [-0.39, 0.29) is 11.7 Å². The highest BCUT2D eigenvalue weighted by Crippen LogP contribution is 2.34. The summed E-state index contributed by atoms with van der Waals surface area (Å²) in [6.45, 7) is 4.11. The predicted molar refractivity (Wildman–Crippen MR) is 122 cm³/mol. The number of benzene rings is 2. The fraction of sp³-hybridized carbons (Fsp3) is 0.200. The van der Waals surface area contributed by atoms with Gasteiger partial charge in [0.05, 0.1) is 5.57 Å². The van der Waals surface area contributed by atoms with Gasteiger partial charge in [0.25, 0.3) is 5.91 Å². The van der Waals surface area contributed by atoms with Crippen LogP contribution in [0.1, 0.15) is 29.0 Å². The number of fused-ring (bicyclic) bond motifs is 1. The Morgan fingerprint density at radius 3 is 2.81 bits per heavy atom. The van der Waals surface area contributed by atoms with Crippen molar-refractivity contribution >= 4 is 28.5 Å². The van der Waals surface area contributed by atoms with Crippen LogP contribution in [-0.4, -0.2) is 24.0 Å². The first kappa shape index (κ1) is 19.3. The van der Waals surface area contributed by atoms with Crippen LogP contribution >= 0.6 is 0 Å². The first-order valence-electron chi connectivity index (χ1n) is 10.4. The van der Waals surface area contributed by atoms with E-state index in [2.05, 4.69) is 51.7 Å². The van der Waals surface area contributed by atoms with E-state index in [0.717, 1.165) is 25.2 Å². The number of nitrogens with one attached hydrogen (secondary N) is 2. The van der Waals surface area contributed by atoms with E-state index < -0.39 is 0 Å². The molecule has 3 aromatic rings. The molecule has 1 amide bonds. The third-order valence-corrected chi connectivity index (χ3v) is 6.05. The first-order chi connectivity index (χ1) is 15.1. The van der Waals surface area contributed by atoms with E-state index in [9.17, 15) is 9.18 Å². The molecule has 1 unspecified atom stereocenters. The molecule has 0 bridgehead atoms. The maximum Gasteiger partial charge on any atom is 0.257 e. The number of pyridine rings is 1. The summed E-state index contributed by atoms with van der Waals surface area (Å²) in [6.07, 6.45) is 6.48. The molecule has 2 aromatic carbocycles. The number of anilines is 3. The summed E-state index contributed by atoms with van der Waals surface area (Å²) in [7, 11) is 0. The van der Waals surface area contributed by atoms with E-state index in [1.54, 1.807) is 12.3 Å². The Balaban J connectivity index is 1.31. The standard InChI is InChI=1S/C25H23FN4O/c1-16-12-20(28-14-22-21-13-19(26)2-4-23(21)29-25(22)31)3-5-24(16)30-11-8-18(15-30)17-6-9-27-10-7-17/h2-7,9-10,12-14,18,28H,8,11,15H2,1H3,(H,29,31)/b22-14-. The Labute approximate surface area is 180 Å². The van der Waals surface area contributed by atoms with Crippen LogP contribution in [0.4, 0.5) is 21.5 Å². The second-order valence-electron chi connectivity index (χ2n) is 8.06. The molecule has 1 aromatic heterocycles. The van der Waals surface area contributed by atoms with Gasteiger partial charge in [-0.3, -0.25) is 9.78 Å². The first-order valence-corrected chi connectivity index (χ1v) is 10.4. The van der Waals surface area contributed by atoms with Crippen molar-refractivity contribution in [2.45, 2.75) is 19.3 Å². The van der Waals surface area contributed by atoms with Gasteiger partial charge in [0.15, 0.2) is 0 Å². The molecule has 6 heteroatoms. The molecule has 5 nitrogen and oxygen atoms in total. The number of amides is 1. The third kappa shape index (κ3) is 3.77. The van der Waals surface area contributed by atoms with Crippen molar-refractivity contribution in [1.82, 2.24) is 4.98 Å².